The number of carbonyl (C=O) groups excluding carboxylic acids is 3. The van der Waals surface area contributed by atoms with Gasteiger partial charge >= 0.3 is 12.0 Å². The number of methoxy groups -OCH3 is 1. The minimum Gasteiger partial charge on any atom is -0.469 e. The molecule has 1 aromatic carbocycles. The zero-order chi connectivity index (χ0) is 17.5. The first kappa shape index (κ1) is 17.3. The van der Waals surface area contributed by atoms with Crippen LogP contribution in [0.1, 0.15) is 18.4 Å². The Bertz CT molecular complexity index is 666. The second-order valence-corrected chi connectivity index (χ2v) is 5.22. The van der Waals surface area contributed by atoms with Crippen LogP contribution >= 0.6 is 0 Å². The number of ether oxygens (including phenoxy) is 1. The van der Waals surface area contributed by atoms with Gasteiger partial charge in [-0.3, -0.25) is 9.59 Å². The van der Waals surface area contributed by atoms with E-state index < -0.39 is 18.0 Å². The van der Waals surface area contributed by atoms with Gasteiger partial charge < -0.3 is 20.3 Å². The molecule has 8 heteroatoms. The summed E-state index contributed by atoms with van der Waals surface area (Å²) >= 11 is 0. The van der Waals surface area contributed by atoms with Crippen LogP contribution in [-0.2, 0) is 14.3 Å². The third kappa shape index (κ3) is 4.23. The van der Waals surface area contributed by atoms with E-state index in [1.807, 2.05) is 6.07 Å². The third-order valence-corrected chi connectivity index (χ3v) is 3.66. The Hall–Kier alpha value is -3.08. The van der Waals surface area contributed by atoms with E-state index in [4.69, 9.17) is 5.26 Å². The average molecular weight is 330 g/mol. The average Bonchev–Trinajstić information content (AvgIpc) is 2.95. The highest BCUT2D eigenvalue weighted by molar-refractivity contribution is 6.01. The van der Waals surface area contributed by atoms with Gasteiger partial charge in [0.05, 0.1) is 25.2 Å². The number of benzene rings is 1. The van der Waals surface area contributed by atoms with Gasteiger partial charge in [0.2, 0.25) is 5.91 Å². The first-order chi connectivity index (χ1) is 11.5. The van der Waals surface area contributed by atoms with Gasteiger partial charge in [0, 0.05) is 18.8 Å². The van der Waals surface area contributed by atoms with Crippen molar-refractivity contribution in [3.05, 3.63) is 29.8 Å². The molecule has 0 aliphatic carbocycles. The van der Waals surface area contributed by atoms with Crippen molar-refractivity contribution in [1.29, 1.82) is 5.26 Å². The van der Waals surface area contributed by atoms with Crippen LogP contribution in [0.2, 0.25) is 0 Å². The number of nitriles is 1. The molecule has 0 aromatic heterocycles. The predicted molar refractivity (Wildman–Crippen MR) is 85.1 cm³/mol. The lowest BCUT2D eigenvalue weighted by atomic mass is 10.2. The molecule has 2 rings (SSSR count). The van der Waals surface area contributed by atoms with Gasteiger partial charge in [0.25, 0.3) is 0 Å². The smallest absolute Gasteiger partial charge is 0.315 e. The number of amides is 3. The summed E-state index contributed by atoms with van der Waals surface area (Å²) in [6.45, 7) is 0.622. The third-order valence-electron chi connectivity index (χ3n) is 3.66. The molecule has 1 aliphatic heterocycles. The summed E-state index contributed by atoms with van der Waals surface area (Å²) < 4.78 is 4.47. The number of carbonyl (C=O) groups is 3. The molecule has 1 unspecified atom stereocenters. The van der Waals surface area contributed by atoms with Crippen molar-refractivity contribution in [3.8, 4) is 6.07 Å². The number of anilines is 1. The molecule has 1 aliphatic rings. The van der Waals surface area contributed by atoms with Crippen LogP contribution in [0.5, 0.6) is 0 Å². The summed E-state index contributed by atoms with van der Waals surface area (Å²) in [4.78, 5) is 36.7. The molecular weight excluding hydrogens is 312 g/mol. The van der Waals surface area contributed by atoms with Crippen molar-refractivity contribution in [3.63, 3.8) is 0 Å². The van der Waals surface area contributed by atoms with E-state index in [0.717, 1.165) is 0 Å². The van der Waals surface area contributed by atoms with Crippen molar-refractivity contribution in [2.24, 2.45) is 0 Å². The molecule has 0 spiro atoms. The van der Waals surface area contributed by atoms with Crippen molar-refractivity contribution >= 4 is 23.6 Å². The van der Waals surface area contributed by atoms with Crippen molar-refractivity contribution < 1.29 is 19.1 Å². The van der Waals surface area contributed by atoms with Crippen LogP contribution in [0.15, 0.2) is 24.3 Å². The topological polar surface area (TPSA) is 112 Å². The van der Waals surface area contributed by atoms with Gasteiger partial charge in [-0.1, -0.05) is 0 Å². The van der Waals surface area contributed by atoms with Crippen LogP contribution in [-0.4, -0.2) is 44.1 Å². The standard InChI is InChI=1S/C16H18N4O4/c1-24-14(21)6-8-18-16(23)19-13-7-9-20(15(13)22)12-4-2-11(10-17)3-5-12/h2-5,13H,6-9H2,1H3,(H2,18,19,23). The van der Waals surface area contributed by atoms with Gasteiger partial charge in [0.1, 0.15) is 6.04 Å². The maximum Gasteiger partial charge on any atom is 0.315 e. The Morgan fingerprint density at radius 2 is 2.08 bits per heavy atom. The lowest BCUT2D eigenvalue weighted by molar-refractivity contribution is -0.140. The Morgan fingerprint density at radius 3 is 2.71 bits per heavy atom. The number of nitrogens with zero attached hydrogens (tertiary/aromatic N) is 2. The highest BCUT2D eigenvalue weighted by Gasteiger charge is 2.33. The largest absolute Gasteiger partial charge is 0.469 e. The van der Waals surface area contributed by atoms with Crippen molar-refractivity contribution in [1.82, 2.24) is 10.6 Å². The quantitative estimate of drug-likeness (QED) is 0.765. The lowest BCUT2D eigenvalue weighted by Gasteiger charge is -2.17. The van der Waals surface area contributed by atoms with E-state index in [2.05, 4.69) is 15.4 Å². The minimum absolute atomic E-state index is 0.0693. The van der Waals surface area contributed by atoms with Crippen molar-refractivity contribution in [2.75, 3.05) is 25.1 Å². The van der Waals surface area contributed by atoms with E-state index in [0.29, 0.717) is 24.2 Å². The van der Waals surface area contributed by atoms with Crippen LogP contribution in [0.3, 0.4) is 0 Å². The lowest BCUT2D eigenvalue weighted by Crippen LogP contribution is -2.46. The van der Waals surface area contributed by atoms with Gasteiger partial charge in [-0.25, -0.2) is 4.79 Å². The molecule has 3 amide bonds. The molecule has 1 fully saturated rings. The fraction of sp³-hybridized carbons (Fsp3) is 0.375. The summed E-state index contributed by atoms with van der Waals surface area (Å²) in [5.74, 6) is -0.623. The number of hydrogen-bond acceptors (Lipinski definition) is 5. The highest BCUT2D eigenvalue weighted by Crippen LogP contribution is 2.21. The normalized spacial score (nSPS) is 16.4. The van der Waals surface area contributed by atoms with E-state index in [9.17, 15) is 14.4 Å². The number of esters is 1. The number of hydrogen-bond donors (Lipinski definition) is 2. The molecule has 1 heterocycles. The first-order valence-electron chi connectivity index (χ1n) is 7.48. The summed E-state index contributed by atoms with van der Waals surface area (Å²) in [7, 11) is 1.28. The monoisotopic (exact) mass is 330 g/mol. The first-order valence-corrected chi connectivity index (χ1v) is 7.48. The maximum atomic E-state index is 12.4. The molecule has 1 aromatic rings. The molecule has 0 saturated carbocycles. The van der Waals surface area contributed by atoms with Gasteiger partial charge in [-0.15, -0.1) is 0 Å². The fourth-order valence-electron chi connectivity index (χ4n) is 2.38. The number of nitrogens with one attached hydrogen (secondary N) is 2. The molecule has 1 atom stereocenters. The molecule has 1 saturated heterocycles. The number of rotatable bonds is 5. The molecule has 0 radical (unpaired) electrons. The molecule has 126 valence electrons. The summed E-state index contributed by atoms with van der Waals surface area (Å²) in [6, 6.07) is 7.60. The zero-order valence-corrected chi connectivity index (χ0v) is 13.2. The van der Waals surface area contributed by atoms with E-state index in [-0.39, 0.29) is 18.9 Å². The Kier molecular flexibility index (Phi) is 5.73. The molecule has 24 heavy (non-hydrogen) atoms. The molecule has 2 N–H and O–H groups in total. The summed E-state index contributed by atoms with van der Waals surface area (Å²) in [6.07, 6.45) is 0.559. The molecular formula is C16H18N4O4. The SMILES string of the molecule is COC(=O)CCNC(=O)NC1CCN(c2ccc(C#N)cc2)C1=O. The fourth-order valence-corrected chi connectivity index (χ4v) is 2.38. The van der Waals surface area contributed by atoms with Crippen LogP contribution in [0, 0.1) is 11.3 Å². The second kappa shape index (κ2) is 7.97. The zero-order valence-electron chi connectivity index (χ0n) is 13.2. The Balaban J connectivity index is 1.85. The Labute approximate surface area is 139 Å². The van der Waals surface area contributed by atoms with Gasteiger partial charge in [-0.05, 0) is 30.7 Å². The minimum atomic E-state index is -0.612. The summed E-state index contributed by atoms with van der Waals surface area (Å²) in [5, 5.41) is 13.9. The maximum absolute atomic E-state index is 12.4. The summed E-state index contributed by atoms with van der Waals surface area (Å²) in [5.41, 5.74) is 1.21. The van der Waals surface area contributed by atoms with Crippen LogP contribution in [0.25, 0.3) is 0 Å². The van der Waals surface area contributed by atoms with Crippen molar-refractivity contribution in [2.45, 2.75) is 18.9 Å². The molecule has 0 bridgehead atoms. The van der Waals surface area contributed by atoms with E-state index in [1.165, 1.54) is 7.11 Å². The van der Waals surface area contributed by atoms with Gasteiger partial charge in [-0.2, -0.15) is 5.26 Å². The number of urea groups is 1. The van der Waals surface area contributed by atoms with Crippen LogP contribution in [0.4, 0.5) is 10.5 Å². The molecule has 8 nitrogen and oxygen atoms in total. The highest BCUT2D eigenvalue weighted by atomic mass is 16.5. The van der Waals surface area contributed by atoms with E-state index in [1.54, 1.807) is 29.2 Å². The van der Waals surface area contributed by atoms with Crippen LogP contribution < -0.4 is 15.5 Å². The Morgan fingerprint density at radius 1 is 1.38 bits per heavy atom. The van der Waals surface area contributed by atoms with E-state index >= 15 is 0 Å². The second-order valence-electron chi connectivity index (χ2n) is 5.22. The van der Waals surface area contributed by atoms with Gasteiger partial charge in [0.15, 0.2) is 0 Å². The predicted octanol–water partition coefficient (Wildman–Crippen LogP) is 0.526.